The van der Waals surface area contributed by atoms with E-state index in [1.807, 2.05) is 19.1 Å². The number of benzene rings is 1. The van der Waals surface area contributed by atoms with Gasteiger partial charge >= 0.3 is 0 Å². The number of aromatic nitrogens is 1. The largest absolute Gasteiger partial charge is 0.322 e. The number of halogens is 3. The van der Waals surface area contributed by atoms with E-state index in [2.05, 4.69) is 32.9 Å². The summed E-state index contributed by atoms with van der Waals surface area (Å²) in [6, 6.07) is 8.60. The quantitative estimate of drug-likeness (QED) is 0.583. The van der Waals surface area contributed by atoms with Crippen molar-refractivity contribution >= 4 is 45.9 Å². The Morgan fingerprint density at radius 1 is 1.38 bits per heavy atom. The van der Waals surface area contributed by atoms with E-state index >= 15 is 0 Å². The molecular formula is C14H11F2IN2OS. The number of nitrogens with zero attached hydrogens (tertiary/aromatic N) is 1. The van der Waals surface area contributed by atoms with Gasteiger partial charge in [-0.15, -0.1) is 0 Å². The third-order valence-corrected chi connectivity index (χ3v) is 4.05. The molecule has 0 aliphatic carbocycles. The fraction of sp³-hybridized carbons (Fsp3) is 0.143. The van der Waals surface area contributed by atoms with Crippen LogP contribution in [0.15, 0.2) is 41.6 Å². The van der Waals surface area contributed by atoms with Crippen LogP contribution in [0.3, 0.4) is 0 Å². The highest BCUT2D eigenvalue weighted by atomic mass is 127. The number of thioether (sulfide) groups is 1. The molecule has 0 saturated heterocycles. The summed E-state index contributed by atoms with van der Waals surface area (Å²) < 4.78 is 26.0. The fourth-order valence-corrected chi connectivity index (χ4v) is 2.92. The lowest BCUT2D eigenvalue weighted by molar-refractivity contribution is 0.102. The molecule has 0 saturated carbocycles. The predicted octanol–water partition coefficient (Wildman–Crippen LogP) is 4.56. The van der Waals surface area contributed by atoms with E-state index in [4.69, 9.17) is 0 Å². The first-order chi connectivity index (χ1) is 9.97. The van der Waals surface area contributed by atoms with Crippen molar-refractivity contribution in [3.63, 3.8) is 0 Å². The van der Waals surface area contributed by atoms with E-state index in [-0.39, 0.29) is 22.4 Å². The molecule has 0 aliphatic rings. The van der Waals surface area contributed by atoms with E-state index in [0.717, 1.165) is 9.13 Å². The maximum Gasteiger partial charge on any atom is 0.290 e. The number of anilines is 1. The minimum absolute atomic E-state index is 0.0214. The SMILES string of the molecule is Cc1cc(I)ccc1NC(=O)c1cccnc1SC(F)F. The number of rotatable bonds is 4. The van der Waals surface area contributed by atoms with Gasteiger partial charge in [-0.05, 0) is 77.2 Å². The standard InChI is InChI=1S/C14H11F2IN2OS/c1-8-7-9(17)4-5-11(8)19-12(20)10-3-2-6-18-13(10)21-14(15)16/h2-7,14H,1H3,(H,19,20). The van der Waals surface area contributed by atoms with Crippen LogP contribution in [0.25, 0.3) is 0 Å². The van der Waals surface area contributed by atoms with Gasteiger partial charge in [-0.25, -0.2) is 4.98 Å². The Balaban J connectivity index is 2.24. The van der Waals surface area contributed by atoms with Crippen LogP contribution in [-0.2, 0) is 0 Å². The number of carbonyl (C=O) groups is 1. The molecule has 0 spiro atoms. The van der Waals surface area contributed by atoms with Crippen molar-refractivity contribution in [1.82, 2.24) is 4.98 Å². The summed E-state index contributed by atoms with van der Waals surface area (Å²) in [7, 11) is 0. The normalized spacial score (nSPS) is 10.7. The van der Waals surface area contributed by atoms with Crippen LogP contribution in [0.1, 0.15) is 15.9 Å². The van der Waals surface area contributed by atoms with E-state index < -0.39 is 11.7 Å². The topological polar surface area (TPSA) is 42.0 Å². The Morgan fingerprint density at radius 2 is 2.14 bits per heavy atom. The van der Waals surface area contributed by atoms with E-state index in [0.29, 0.717) is 5.69 Å². The molecule has 0 radical (unpaired) electrons. The molecule has 0 atom stereocenters. The first kappa shape index (κ1) is 16.2. The summed E-state index contributed by atoms with van der Waals surface area (Å²) in [5.74, 6) is -3.07. The zero-order valence-corrected chi connectivity index (χ0v) is 13.9. The van der Waals surface area contributed by atoms with Crippen LogP contribution in [-0.4, -0.2) is 16.6 Å². The van der Waals surface area contributed by atoms with Crippen molar-refractivity contribution in [1.29, 1.82) is 0 Å². The van der Waals surface area contributed by atoms with Gasteiger partial charge in [0.05, 0.1) is 5.56 Å². The number of amides is 1. The van der Waals surface area contributed by atoms with Crippen LogP contribution in [0.5, 0.6) is 0 Å². The average molecular weight is 420 g/mol. The molecule has 110 valence electrons. The van der Waals surface area contributed by atoms with Gasteiger partial charge in [0.25, 0.3) is 11.7 Å². The molecule has 0 aliphatic heterocycles. The van der Waals surface area contributed by atoms with Crippen LogP contribution >= 0.6 is 34.4 Å². The highest BCUT2D eigenvalue weighted by Gasteiger charge is 2.17. The molecule has 0 fully saturated rings. The molecule has 1 amide bonds. The molecule has 2 rings (SSSR count). The Kier molecular flexibility index (Phi) is 5.51. The highest BCUT2D eigenvalue weighted by Crippen LogP contribution is 2.27. The lowest BCUT2D eigenvalue weighted by atomic mass is 10.2. The molecule has 1 heterocycles. The Hall–Kier alpha value is -1.22. The van der Waals surface area contributed by atoms with Crippen LogP contribution < -0.4 is 5.32 Å². The van der Waals surface area contributed by atoms with Crippen LogP contribution in [0.2, 0.25) is 0 Å². The summed E-state index contributed by atoms with van der Waals surface area (Å²) in [6.07, 6.45) is 1.39. The van der Waals surface area contributed by atoms with Gasteiger partial charge in [-0.1, -0.05) is 0 Å². The molecule has 1 N–H and O–H groups in total. The Labute approximate surface area is 138 Å². The summed E-state index contributed by atoms with van der Waals surface area (Å²) in [6.45, 7) is 1.87. The lowest BCUT2D eigenvalue weighted by Gasteiger charge is -2.11. The molecular weight excluding hydrogens is 409 g/mol. The molecule has 21 heavy (non-hydrogen) atoms. The van der Waals surface area contributed by atoms with Gasteiger partial charge < -0.3 is 5.32 Å². The second-order valence-electron chi connectivity index (χ2n) is 4.15. The smallest absolute Gasteiger partial charge is 0.290 e. The van der Waals surface area contributed by atoms with E-state index in [1.54, 1.807) is 12.1 Å². The number of pyridine rings is 1. The Bertz CT molecular complexity index is 667. The second-order valence-corrected chi connectivity index (χ2v) is 6.37. The molecule has 1 aromatic heterocycles. The summed E-state index contributed by atoms with van der Waals surface area (Å²) in [5.41, 5.74) is 1.69. The minimum Gasteiger partial charge on any atom is -0.322 e. The number of alkyl halides is 2. The molecule has 7 heteroatoms. The Morgan fingerprint density at radius 3 is 2.81 bits per heavy atom. The van der Waals surface area contributed by atoms with Crippen molar-refractivity contribution in [3.05, 3.63) is 51.2 Å². The van der Waals surface area contributed by atoms with Gasteiger partial charge in [-0.3, -0.25) is 4.79 Å². The number of carbonyl (C=O) groups excluding carboxylic acids is 1. The van der Waals surface area contributed by atoms with Crippen molar-refractivity contribution in [2.24, 2.45) is 0 Å². The van der Waals surface area contributed by atoms with E-state index in [9.17, 15) is 13.6 Å². The second kappa shape index (κ2) is 7.17. The van der Waals surface area contributed by atoms with Crippen molar-refractivity contribution in [2.45, 2.75) is 17.7 Å². The highest BCUT2D eigenvalue weighted by molar-refractivity contribution is 14.1. The summed E-state index contributed by atoms with van der Waals surface area (Å²) in [5, 5.41) is 2.75. The van der Waals surface area contributed by atoms with Crippen molar-refractivity contribution < 1.29 is 13.6 Å². The van der Waals surface area contributed by atoms with Gasteiger partial charge in [0, 0.05) is 15.5 Å². The van der Waals surface area contributed by atoms with Crippen molar-refractivity contribution in [3.8, 4) is 0 Å². The lowest BCUT2D eigenvalue weighted by Crippen LogP contribution is -2.14. The monoisotopic (exact) mass is 420 g/mol. The fourth-order valence-electron chi connectivity index (χ4n) is 1.70. The first-order valence-corrected chi connectivity index (χ1v) is 7.90. The maximum absolute atomic E-state index is 12.5. The third-order valence-electron chi connectivity index (χ3n) is 2.65. The number of hydrogen-bond acceptors (Lipinski definition) is 3. The molecule has 2 aromatic rings. The van der Waals surface area contributed by atoms with Gasteiger partial charge in [-0.2, -0.15) is 8.78 Å². The van der Waals surface area contributed by atoms with Gasteiger partial charge in [0.2, 0.25) is 0 Å². The number of nitrogens with one attached hydrogen (secondary N) is 1. The molecule has 0 bridgehead atoms. The number of aryl methyl sites for hydroxylation is 1. The molecule has 0 unspecified atom stereocenters. The summed E-state index contributed by atoms with van der Waals surface area (Å²) >= 11 is 2.44. The first-order valence-electron chi connectivity index (χ1n) is 5.94. The van der Waals surface area contributed by atoms with Crippen LogP contribution in [0.4, 0.5) is 14.5 Å². The molecule has 1 aromatic carbocycles. The predicted molar refractivity (Wildman–Crippen MR) is 87.9 cm³/mol. The number of hydrogen-bond donors (Lipinski definition) is 1. The van der Waals surface area contributed by atoms with Crippen molar-refractivity contribution in [2.75, 3.05) is 5.32 Å². The molecule has 3 nitrogen and oxygen atoms in total. The van der Waals surface area contributed by atoms with Gasteiger partial charge in [0.15, 0.2) is 0 Å². The minimum atomic E-state index is -2.62. The maximum atomic E-state index is 12.5. The van der Waals surface area contributed by atoms with Gasteiger partial charge in [0.1, 0.15) is 5.03 Å². The third kappa shape index (κ3) is 4.37. The zero-order chi connectivity index (χ0) is 15.4. The zero-order valence-electron chi connectivity index (χ0n) is 10.9. The average Bonchev–Trinajstić information content (AvgIpc) is 2.42. The summed E-state index contributed by atoms with van der Waals surface area (Å²) in [4.78, 5) is 16.1. The van der Waals surface area contributed by atoms with Crippen LogP contribution in [0, 0.1) is 10.5 Å². The van der Waals surface area contributed by atoms with E-state index in [1.165, 1.54) is 12.3 Å².